The minimum atomic E-state index is -0.236. The lowest BCUT2D eigenvalue weighted by Gasteiger charge is -2.41. The largest absolute Gasteiger partial charge is 0.507 e. The zero-order valence-corrected chi connectivity index (χ0v) is 14.6. The standard InChI is InChI=1S/C20H24N2O2/c1-5-14(4)22-19(15-10-12(2)18(23)13(3)11-15)21-17-9-7-6-8-16(17)20(22)24/h6-11,14,19,21,23H,5H2,1-4H3/t14-,19+/m0/s1. The lowest BCUT2D eigenvalue weighted by Crippen LogP contribution is -2.47. The summed E-state index contributed by atoms with van der Waals surface area (Å²) in [5.74, 6) is 0.364. The highest BCUT2D eigenvalue weighted by Crippen LogP contribution is 2.37. The fraction of sp³-hybridized carbons (Fsp3) is 0.350. The quantitative estimate of drug-likeness (QED) is 0.881. The summed E-state index contributed by atoms with van der Waals surface area (Å²) in [7, 11) is 0. The third kappa shape index (κ3) is 2.62. The molecule has 24 heavy (non-hydrogen) atoms. The van der Waals surface area contributed by atoms with Crippen molar-refractivity contribution >= 4 is 11.6 Å². The highest BCUT2D eigenvalue weighted by molar-refractivity contribution is 6.01. The number of aromatic hydroxyl groups is 1. The molecule has 0 saturated carbocycles. The fourth-order valence-corrected chi connectivity index (χ4v) is 3.31. The number of aryl methyl sites for hydroxylation is 2. The first kappa shape index (κ1) is 16.4. The smallest absolute Gasteiger partial charge is 0.258 e. The molecule has 0 radical (unpaired) electrons. The van der Waals surface area contributed by atoms with Crippen LogP contribution in [0.15, 0.2) is 36.4 Å². The summed E-state index contributed by atoms with van der Waals surface area (Å²) in [4.78, 5) is 15.0. The Bertz CT molecular complexity index is 762. The second kappa shape index (κ2) is 6.19. The molecule has 0 aliphatic carbocycles. The molecule has 4 nitrogen and oxygen atoms in total. The molecule has 1 heterocycles. The summed E-state index contributed by atoms with van der Waals surface area (Å²) in [5, 5.41) is 13.6. The Hall–Kier alpha value is -2.49. The van der Waals surface area contributed by atoms with Crippen LogP contribution in [0.1, 0.15) is 53.5 Å². The maximum atomic E-state index is 13.1. The maximum absolute atomic E-state index is 13.1. The number of rotatable bonds is 3. The van der Waals surface area contributed by atoms with Crippen LogP contribution in [-0.2, 0) is 0 Å². The van der Waals surface area contributed by atoms with Gasteiger partial charge in [-0.25, -0.2) is 0 Å². The number of phenolic OH excluding ortho intramolecular Hbond substituents is 1. The zero-order chi connectivity index (χ0) is 17.4. The van der Waals surface area contributed by atoms with Crippen LogP contribution in [-0.4, -0.2) is 22.0 Å². The summed E-state index contributed by atoms with van der Waals surface area (Å²) in [6, 6.07) is 11.6. The Kier molecular flexibility index (Phi) is 4.22. The van der Waals surface area contributed by atoms with E-state index in [1.165, 1.54) is 0 Å². The molecule has 1 aliphatic heterocycles. The van der Waals surface area contributed by atoms with Gasteiger partial charge in [0.25, 0.3) is 5.91 Å². The van der Waals surface area contributed by atoms with Crippen molar-refractivity contribution in [3.8, 4) is 5.75 Å². The Morgan fingerprint density at radius 2 is 1.83 bits per heavy atom. The first-order valence-corrected chi connectivity index (χ1v) is 8.42. The topological polar surface area (TPSA) is 52.6 Å². The molecule has 3 rings (SSSR count). The second-order valence-corrected chi connectivity index (χ2v) is 6.57. The van der Waals surface area contributed by atoms with Gasteiger partial charge in [-0.15, -0.1) is 0 Å². The molecule has 0 bridgehead atoms. The lowest BCUT2D eigenvalue weighted by atomic mass is 9.98. The van der Waals surface area contributed by atoms with E-state index in [2.05, 4.69) is 19.2 Å². The minimum Gasteiger partial charge on any atom is -0.507 e. The Labute approximate surface area is 143 Å². The number of hydrogen-bond donors (Lipinski definition) is 2. The van der Waals surface area contributed by atoms with Crippen molar-refractivity contribution in [3.63, 3.8) is 0 Å². The van der Waals surface area contributed by atoms with Gasteiger partial charge in [0.2, 0.25) is 0 Å². The Morgan fingerprint density at radius 3 is 2.46 bits per heavy atom. The molecule has 2 aromatic rings. The van der Waals surface area contributed by atoms with Crippen molar-refractivity contribution in [1.29, 1.82) is 0 Å². The molecular weight excluding hydrogens is 300 g/mol. The van der Waals surface area contributed by atoms with Crippen molar-refractivity contribution in [2.24, 2.45) is 0 Å². The van der Waals surface area contributed by atoms with E-state index in [0.717, 1.165) is 28.8 Å². The van der Waals surface area contributed by atoms with Crippen molar-refractivity contribution < 1.29 is 9.90 Å². The van der Waals surface area contributed by atoms with Crippen molar-refractivity contribution in [2.45, 2.75) is 46.3 Å². The van der Waals surface area contributed by atoms with Gasteiger partial charge in [-0.05, 0) is 68.1 Å². The van der Waals surface area contributed by atoms with Gasteiger partial charge in [0.15, 0.2) is 0 Å². The first-order valence-electron chi connectivity index (χ1n) is 8.42. The Balaban J connectivity index is 2.12. The molecule has 2 N–H and O–H groups in total. The monoisotopic (exact) mass is 324 g/mol. The normalized spacial score (nSPS) is 18.1. The molecule has 2 aromatic carbocycles. The number of fused-ring (bicyclic) bond motifs is 1. The van der Waals surface area contributed by atoms with Crippen molar-refractivity contribution in [3.05, 3.63) is 58.7 Å². The third-order valence-electron chi connectivity index (χ3n) is 4.86. The summed E-state index contributed by atoms with van der Waals surface area (Å²) in [6.45, 7) is 7.93. The van der Waals surface area contributed by atoms with Crippen LogP contribution in [0.3, 0.4) is 0 Å². The third-order valence-corrected chi connectivity index (χ3v) is 4.86. The highest BCUT2D eigenvalue weighted by Gasteiger charge is 2.35. The number of carbonyl (C=O) groups excluding carboxylic acids is 1. The van der Waals surface area contributed by atoms with Gasteiger partial charge in [-0.2, -0.15) is 0 Å². The van der Waals surface area contributed by atoms with E-state index in [0.29, 0.717) is 11.3 Å². The number of anilines is 1. The van der Waals surface area contributed by atoms with E-state index in [-0.39, 0.29) is 18.1 Å². The van der Waals surface area contributed by atoms with Gasteiger partial charge < -0.3 is 15.3 Å². The number of hydrogen-bond acceptors (Lipinski definition) is 3. The summed E-state index contributed by atoms with van der Waals surface area (Å²) in [5.41, 5.74) is 4.20. The average molecular weight is 324 g/mol. The van der Waals surface area contributed by atoms with Crippen LogP contribution in [0.25, 0.3) is 0 Å². The van der Waals surface area contributed by atoms with E-state index in [4.69, 9.17) is 0 Å². The molecular formula is C20H24N2O2. The highest BCUT2D eigenvalue weighted by atomic mass is 16.3. The van der Waals surface area contributed by atoms with Crippen LogP contribution in [0.5, 0.6) is 5.75 Å². The molecule has 4 heteroatoms. The van der Waals surface area contributed by atoms with Crippen molar-refractivity contribution in [2.75, 3.05) is 5.32 Å². The number of benzene rings is 2. The molecule has 0 spiro atoms. The van der Waals surface area contributed by atoms with E-state index in [1.54, 1.807) is 0 Å². The predicted molar refractivity (Wildman–Crippen MR) is 96.3 cm³/mol. The molecule has 1 aliphatic rings. The van der Waals surface area contributed by atoms with E-state index in [1.807, 2.05) is 55.1 Å². The van der Waals surface area contributed by atoms with Gasteiger partial charge in [-0.3, -0.25) is 4.79 Å². The van der Waals surface area contributed by atoms with Gasteiger partial charge in [0, 0.05) is 11.7 Å². The van der Waals surface area contributed by atoms with Crippen LogP contribution >= 0.6 is 0 Å². The van der Waals surface area contributed by atoms with E-state index < -0.39 is 0 Å². The molecule has 0 unspecified atom stereocenters. The molecule has 0 saturated heterocycles. The second-order valence-electron chi connectivity index (χ2n) is 6.57. The maximum Gasteiger partial charge on any atom is 0.258 e. The van der Waals surface area contributed by atoms with Gasteiger partial charge >= 0.3 is 0 Å². The average Bonchev–Trinajstić information content (AvgIpc) is 2.58. The van der Waals surface area contributed by atoms with Crippen LogP contribution < -0.4 is 5.32 Å². The van der Waals surface area contributed by atoms with Gasteiger partial charge in [0.1, 0.15) is 11.9 Å². The van der Waals surface area contributed by atoms with Crippen LogP contribution in [0, 0.1) is 13.8 Å². The number of para-hydroxylation sites is 1. The van der Waals surface area contributed by atoms with Crippen molar-refractivity contribution in [1.82, 2.24) is 4.90 Å². The zero-order valence-electron chi connectivity index (χ0n) is 14.6. The number of nitrogens with zero attached hydrogens (tertiary/aromatic N) is 1. The summed E-state index contributed by atoms with van der Waals surface area (Å²) in [6.07, 6.45) is 0.641. The number of nitrogens with one attached hydrogen (secondary N) is 1. The summed E-state index contributed by atoms with van der Waals surface area (Å²) < 4.78 is 0. The molecule has 1 amide bonds. The Morgan fingerprint density at radius 1 is 1.21 bits per heavy atom. The fourth-order valence-electron chi connectivity index (χ4n) is 3.31. The number of amides is 1. The van der Waals surface area contributed by atoms with E-state index in [9.17, 15) is 9.90 Å². The van der Waals surface area contributed by atoms with Crippen LogP contribution in [0.4, 0.5) is 5.69 Å². The SMILES string of the molecule is CC[C@H](C)N1C(=O)c2ccccc2N[C@H]1c1cc(C)c(O)c(C)c1. The molecule has 0 aromatic heterocycles. The van der Waals surface area contributed by atoms with Gasteiger partial charge in [-0.1, -0.05) is 19.1 Å². The first-order chi connectivity index (χ1) is 11.4. The van der Waals surface area contributed by atoms with E-state index >= 15 is 0 Å². The predicted octanol–water partition coefficient (Wildman–Crippen LogP) is 4.37. The van der Waals surface area contributed by atoms with Crippen LogP contribution in [0.2, 0.25) is 0 Å². The minimum absolute atomic E-state index is 0.0482. The number of phenols is 1. The number of carbonyl (C=O) groups is 1. The molecule has 126 valence electrons. The molecule has 0 fully saturated rings. The molecule has 2 atom stereocenters. The van der Waals surface area contributed by atoms with Gasteiger partial charge in [0.05, 0.1) is 5.56 Å². The summed E-state index contributed by atoms with van der Waals surface area (Å²) >= 11 is 0. The lowest BCUT2D eigenvalue weighted by molar-refractivity contribution is 0.0593.